The van der Waals surface area contributed by atoms with E-state index in [-0.39, 0.29) is 25.0 Å². The number of hydrogen-bond acceptors (Lipinski definition) is 3. The number of nitrogens with zero attached hydrogens (tertiary/aromatic N) is 1. The molecule has 1 N–H and O–H groups in total. The van der Waals surface area contributed by atoms with E-state index < -0.39 is 0 Å². The normalized spacial score (nSPS) is 13.3. The Bertz CT molecular complexity index is 870. The van der Waals surface area contributed by atoms with Crippen LogP contribution in [0.2, 0.25) is 5.02 Å². The average molecular weight is 424 g/mol. The molecule has 5 nitrogen and oxygen atoms in total. The molecule has 0 unspecified atom stereocenters. The van der Waals surface area contributed by atoms with Gasteiger partial charge in [-0.1, -0.05) is 11.6 Å². The summed E-state index contributed by atoms with van der Waals surface area (Å²) in [4.78, 5) is 26.0. The van der Waals surface area contributed by atoms with Gasteiger partial charge in [0, 0.05) is 9.50 Å². The lowest BCUT2D eigenvalue weighted by Crippen LogP contribution is -2.43. The van der Waals surface area contributed by atoms with Crippen LogP contribution in [0.3, 0.4) is 0 Å². The van der Waals surface area contributed by atoms with E-state index in [0.29, 0.717) is 22.1 Å². The number of anilines is 2. The third kappa shape index (κ3) is 3.80. The van der Waals surface area contributed by atoms with E-state index in [1.54, 1.807) is 18.2 Å². The largest absolute Gasteiger partial charge is 0.482 e. The molecule has 0 aliphatic carbocycles. The summed E-state index contributed by atoms with van der Waals surface area (Å²) >= 11 is 9.46. The smallest absolute Gasteiger partial charge is 0.265 e. The van der Waals surface area contributed by atoms with Crippen molar-refractivity contribution in [1.82, 2.24) is 0 Å². The lowest BCUT2D eigenvalue weighted by molar-refractivity contribution is -0.123. The van der Waals surface area contributed by atoms with E-state index in [1.165, 1.54) is 4.90 Å². The molecule has 2 amide bonds. The highest BCUT2D eigenvalue weighted by atomic mass is 79.9. The first-order valence-electron chi connectivity index (χ1n) is 7.64. The van der Waals surface area contributed by atoms with Crippen molar-refractivity contribution in [3.63, 3.8) is 0 Å². The maximum Gasteiger partial charge on any atom is 0.265 e. The Morgan fingerprint density at radius 3 is 2.76 bits per heavy atom. The third-order valence-electron chi connectivity index (χ3n) is 4.02. The summed E-state index contributed by atoms with van der Waals surface area (Å²) in [6, 6.07) is 8.83. The van der Waals surface area contributed by atoms with Crippen molar-refractivity contribution in [2.45, 2.75) is 13.8 Å². The predicted octanol–water partition coefficient (Wildman–Crippen LogP) is 4.08. The monoisotopic (exact) mass is 422 g/mol. The molecule has 1 aliphatic rings. The molecule has 0 spiro atoms. The summed E-state index contributed by atoms with van der Waals surface area (Å²) in [5, 5.41) is 3.31. The van der Waals surface area contributed by atoms with E-state index in [9.17, 15) is 9.59 Å². The molecule has 0 aromatic heterocycles. The molecular formula is C18H16BrClN2O3. The Hall–Kier alpha value is -2.05. The molecule has 0 radical (unpaired) electrons. The number of carbonyl (C=O) groups is 2. The maximum absolute atomic E-state index is 12.5. The Labute approximate surface area is 159 Å². The van der Waals surface area contributed by atoms with Gasteiger partial charge in [-0.25, -0.2) is 0 Å². The number of benzene rings is 2. The third-order valence-corrected chi connectivity index (χ3v) is 4.91. The number of halogens is 2. The Kier molecular flexibility index (Phi) is 5.01. The van der Waals surface area contributed by atoms with Crippen LogP contribution in [-0.2, 0) is 9.59 Å². The first-order valence-corrected chi connectivity index (χ1v) is 8.81. The topological polar surface area (TPSA) is 58.6 Å². The van der Waals surface area contributed by atoms with Crippen LogP contribution in [-0.4, -0.2) is 25.0 Å². The van der Waals surface area contributed by atoms with E-state index in [0.717, 1.165) is 15.6 Å². The maximum atomic E-state index is 12.5. The quantitative estimate of drug-likeness (QED) is 0.809. The highest BCUT2D eigenvalue weighted by Crippen LogP contribution is 2.34. The molecule has 0 atom stereocenters. The molecule has 1 aliphatic heterocycles. The summed E-state index contributed by atoms with van der Waals surface area (Å²) in [7, 11) is 0. The van der Waals surface area contributed by atoms with Crippen LogP contribution in [0, 0.1) is 13.8 Å². The zero-order valence-electron chi connectivity index (χ0n) is 13.7. The zero-order chi connectivity index (χ0) is 18.1. The van der Waals surface area contributed by atoms with Crippen LogP contribution in [0.5, 0.6) is 5.75 Å². The Balaban J connectivity index is 1.81. The molecule has 0 saturated carbocycles. The number of fused-ring (bicyclic) bond motifs is 1. The van der Waals surface area contributed by atoms with Gasteiger partial charge in [0.1, 0.15) is 12.3 Å². The second kappa shape index (κ2) is 7.06. The van der Waals surface area contributed by atoms with Crippen LogP contribution in [0.1, 0.15) is 11.1 Å². The van der Waals surface area contributed by atoms with Crippen LogP contribution < -0.4 is 15.0 Å². The lowest BCUT2D eigenvalue weighted by Gasteiger charge is -2.29. The molecule has 7 heteroatoms. The molecule has 2 aromatic rings. The summed E-state index contributed by atoms with van der Waals surface area (Å²) in [5.74, 6) is -0.0571. The number of nitrogens with one attached hydrogen (secondary N) is 1. The molecule has 2 aromatic carbocycles. The van der Waals surface area contributed by atoms with Crippen molar-refractivity contribution in [1.29, 1.82) is 0 Å². The number of amides is 2. The van der Waals surface area contributed by atoms with Crippen LogP contribution in [0.15, 0.2) is 34.8 Å². The number of aryl methyl sites for hydroxylation is 2. The van der Waals surface area contributed by atoms with Crippen LogP contribution >= 0.6 is 27.5 Å². The summed E-state index contributed by atoms with van der Waals surface area (Å²) in [6.45, 7) is 3.75. The van der Waals surface area contributed by atoms with E-state index in [1.807, 2.05) is 26.0 Å². The molecule has 0 saturated heterocycles. The second-order valence-corrected chi connectivity index (χ2v) is 7.14. The number of ether oxygens (including phenoxy) is 1. The van der Waals surface area contributed by atoms with Crippen molar-refractivity contribution in [3.05, 3.63) is 51.0 Å². The van der Waals surface area contributed by atoms with Gasteiger partial charge in [0.05, 0.1) is 11.4 Å². The molecule has 25 heavy (non-hydrogen) atoms. The standard InChI is InChI=1S/C18H16BrClN2O3/c1-10-5-13(19)14(6-11(10)2)21-17(23)8-22-15-7-12(20)3-4-16(15)25-9-18(22)24/h3-7H,8-9H2,1-2H3,(H,21,23). The van der Waals surface area contributed by atoms with E-state index >= 15 is 0 Å². The average Bonchev–Trinajstić information content (AvgIpc) is 2.55. The minimum atomic E-state index is -0.301. The molecule has 1 heterocycles. The summed E-state index contributed by atoms with van der Waals surface area (Å²) in [6.07, 6.45) is 0. The van der Waals surface area contributed by atoms with Crippen molar-refractivity contribution < 1.29 is 14.3 Å². The highest BCUT2D eigenvalue weighted by Gasteiger charge is 2.27. The van der Waals surface area contributed by atoms with E-state index in [2.05, 4.69) is 21.2 Å². The first kappa shape index (κ1) is 17.8. The zero-order valence-corrected chi connectivity index (χ0v) is 16.1. The van der Waals surface area contributed by atoms with Crippen molar-refractivity contribution in [2.24, 2.45) is 0 Å². The van der Waals surface area contributed by atoms with Gasteiger partial charge in [-0.3, -0.25) is 14.5 Å². The van der Waals surface area contributed by atoms with Gasteiger partial charge < -0.3 is 10.1 Å². The lowest BCUT2D eigenvalue weighted by atomic mass is 10.1. The van der Waals surface area contributed by atoms with Crippen LogP contribution in [0.25, 0.3) is 0 Å². The number of hydrogen-bond donors (Lipinski definition) is 1. The van der Waals surface area contributed by atoms with Gasteiger partial charge in [-0.2, -0.15) is 0 Å². The predicted molar refractivity (Wildman–Crippen MR) is 102 cm³/mol. The second-order valence-electron chi connectivity index (χ2n) is 5.85. The molecular weight excluding hydrogens is 408 g/mol. The minimum Gasteiger partial charge on any atom is -0.482 e. The van der Waals surface area contributed by atoms with Crippen LogP contribution in [0.4, 0.5) is 11.4 Å². The summed E-state index contributed by atoms with van der Waals surface area (Å²) in [5.41, 5.74) is 3.35. The Morgan fingerprint density at radius 1 is 1.28 bits per heavy atom. The summed E-state index contributed by atoms with van der Waals surface area (Å²) < 4.78 is 6.17. The SMILES string of the molecule is Cc1cc(Br)c(NC(=O)CN2C(=O)COc3ccc(Cl)cc32)cc1C. The van der Waals surface area contributed by atoms with Crippen molar-refractivity contribution >= 4 is 50.7 Å². The van der Waals surface area contributed by atoms with Gasteiger partial charge in [0.2, 0.25) is 5.91 Å². The molecule has 0 fully saturated rings. The van der Waals surface area contributed by atoms with Crippen molar-refractivity contribution in [3.8, 4) is 5.75 Å². The fraction of sp³-hybridized carbons (Fsp3) is 0.222. The van der Waals surface area contributed by atoms with Gasteiger partial charge in [0.15, 0.2) is 6.61 Å². The molecule has 3 rings (SSSR count). The fourth-order valence-corrected chi connectivity index (χ4v) is 3.28. The van der Waals surface area contributed by atoms with Gasteiger partial charge in [-0.15, -0.1) is 0 Å². The fourth-order valence-electron chi connectivity index (χ4n) is 2.56. The van der Waals surface area contributed by atoms with Crippen molar-refractivity contribution in [2.75, 3.05) is 23.4 Å². The highest BCUT2D eigenvalue weighted by molar-refractivity contribution is 9.10. The Morgan fingerprint density at radius 2 is 2.00 bits per heavy atom. The number of carbonyl (C=O) groups excluding carboxylic acids is 2. The number of rotatable bonds is 3. The first-order chi connectivity index (χ1) is 11.8. The molecule has 130 valence electrons. The van der Waals surface area contributed by atoms with Gasteiger partial charge in [-0.05, 0) is 71.2 Å². The van der Waals surface area contributed by atoms with Gasteiger partial charge >= 0.3 is 0 Å². The van der Waals surface area contributed by atoms with Gasteiger partial charge in [0.25, 0.3) is 5.91 Å². The molecule has 0 bridgehead atoms. The minimum absolute atomic E-state index is 0.102. The van der Waals surface area contributed by atoms with E-state index in [4.69, 9.17) is 16.3 Å².